The standard InChI is InChI=1S/C55H36N2/c1-35-9-6-10-38-22-23-40-12-8-16-50(55(40)53(35)38)49-15-7-11-39-24-25-42-33-41(26-28-46(42)54(39)49)45-30-29-44(47-13-2-3-14-48(45)47)37-20-18-36(19-21-37)43-27-31-52(57-34-43)51-17-4-5-32-56-51/h2-34H,1H3. The van der Waals surface area contributed by atoms with Crippen LogP contribution in [0.5, 0.6) is 0 Å². The van der Waals surface area contributed by atoms with Gasteiger partial charge in [0.15, 0.2) is 0 Å². The molecular formula is C55H36N2. The Labute approximate surface area is 331 Å². The summed E-state index contributed by atoms with van der Waals surface area (Å²) in [6.07, 6.45) is 3.73. The Balaban J connectivity index is 0.987. The van der Waals surface area contributed by atoms with Crippen molar-refractivity contribution >= 4 is 53.9 Å². The Hall–Kier alpha value is -7.42. The van der Waals surface area contributed by atoms with Gasteiger partial charge in [0, 0.05) is 18.0 Å². The van der Waals surface area contributed by atoms with Crippen LogP contribution >= 0.6 is 0 Å². The molecule has 0 aliphatic heterocycles. The molecule has 0 aliphatic rings. The summed E-state index contributed by atoms with van der Waals surface area (Å²) in [6.45, 7) is 2.23. The molecule has 0 saturated carbocycles. The van der Waals surface area contributed by atoms with Crippen molar-refractivity contribution in [2.75, 3.05) is 0 Å². The van der Waals surface area contributed by atoms with Crippen molar-refractivity contribution in [1.82, 2.24) is 9.97 Å². The summed E-state index contributed by atoms with van der Waals surface area (Å²) >= 11 is 0. The number of aromatic nitrogens is 2. The van der Waals surface area contributed by atoms with E-state index in [9.17, 15) is 0 Å². The van der Waals surface area contributed by atoms with Crippen molar-refractivity contribution in [3.63, 3.8) is 0 Å². The molecule has 2 heteroatoms. The quantitative estimate of drug-likeness (QED) is 0.165. The third kappa shape index (κ3) is 5.57. The first-order valence-corrected chi connectivity index (χ1v) is 19.6. The summed E-state index contributed by atoms with van der Waals surface area (Å²) in [5.74, 6) is 0. The maximum Gasteiger partial charge on any atom is 0.0886 e. The lowest BCUT2D eigenvalue weighted by Crippen LogP contribution is -1.90. The van der Waals surface area contributed by atoms with Crippen molar-refractivity contribution < 1.29 is 0 Å². The lowest BCUT2D eigenvalue weighted by molar-refractivity contribution is 1.25. The average Bonchev–Trinajstić information content (AvgIpc) is 3.28. The zero-order chi connectivity index (χ0) is 37.9. The van der Waals surface area contributed by atoms with E-state index in [2.05, 4.69) is 176 Å². The maximum absolute atomic E-state index is 4.70. The number of hydrogen-bond donors (Lipinski definition) is 0. The zero-order valence-electron chi connectivity index (χ0n) is 31.4. The van der Waals surface area contributed by atoms with E-state index in [1.54, 1.807) is 6.20 Å². The average molecular weight is 725 g/mol. The van der Waals surface area contributed by atoms with Gasteiger partial charge in [-0.15, -0.1) is 0 Å². The fraction of sp³-hybridized carbons (Fsp3) is 0.0182. The Morgan fingerprint density at radius 3 is 1.60 bits per heavy atom. The molecule has 9 aromatic carbocycles. The van der Waals surface area contributed by atoms with Gasteiger partial charge >= 0.3 is 0 Å². The van der Waals surface area contributed by atoms with Gasteiger partial charge in [-0.2, -0.15) is 0 Å². The Bertz CT molecular complexity index is 3330. The van der Waals surface area contributed by atoms with Gasteiger partial charge in [0.05, 0.1) is 11.4 Å². The smallest absolute Gasteiger partial charge is 0.0886 e. The molecule has 2 aromatic heterocycles. The van der Waals surface area contributed by atoms with Crippen LogP contribution in [0.2, 0.25) is 0 Å². The molecule has 11 aromatic rings. The zero-order valence-corrected chi connectivity index (χ0v) is 31.4. The van der Waals surface area contributed by atoms with Crippen LogP contribution in [0.3, 0.4) is 0 Å². The molecule has 0 amide bonds. The van der Waals surface area contributed by atoms with Crippen LogP contribution < -0.4 is 0 Å². The second-order valence-electron chi connectivity index (χ2n) is 15.0. The summed E-state index contributed by atoms with van der Waals surface area (Å²) in [5, 5.41) is 12.7. The van der Waals surface area contributed by atoms with Crippen molar-refractivity contribution in [1.29, 1.82) is 0 Å². The van der Waals surface area contributed by atoms with E-state index in [0.29, 0.717) is 0 Å². The van der Waals surface area contributed by atoms with Crippen LogP contribution in [0, 0.1) is 6.92 Å². The molecule has 0 fully saturated rings. The van der Waals surface area contributed by atoms with Crippen molar-refractivity contribution in [2.24, 2.45) is 0 Å². The molecule has 0 aliphatic carbocycles. The molecule has 0 spiro atoms. The second kappa shape index (κ2) is 13.4. The predicted molar refractivity (Wildman–Crippen MR) is 241 cm³/mol. The highest BCUT2D eigenvalue weighted by Crippen LogP contribution is 2.43. The number of aryl methyl sites for hydroxylation is 1. The summed E-state index contributed by atoms with van der Waals surface area (Å²) in [7, 11) is 0. The second-order valence-corrected chi connectivity index (χ2v) is 15.0. The lowest BCUT2D eigenvalue weighted by Gasteiger charge is -2.16. The molecule has 2 heterocycles. The molecule has 0 N–H and O–H groups in total. The van der Waals surface area contributed by atoms with Gasteiger partial charge in [-0.1, -0.05) is 164 Å². The number of hydrogen-bond acceptors (Lipinski definition) is 2. The highest BCUT2D eigenvalue weighted by atomic mass is 14.8. The van der Waals surface area contributed by atoms with Gasteiger partial charge < -0.3 is 0 Å². The molecule has 2 nitrogen and oxygen atoms in total. The molecule has 0 saturated heterocycles. The molecule has 0 bridgehead atoms. The molecule has 11 rings (SSSR count). The first-order chi connectivity index (χ1) is 28.2. The van der Waals surface area contributed by atoms with Gasteiger partial charge in [0.1, 0.15) is 0 Å². The van der Waals surface area contributed by atoms with Crippen molar-refractivity contribution in [2.45, 2.75) is 6.92 Å². The molecule has 0 unspecified atom stereocenters. The third-order valence-corrected chi connectivity index (χ3v) is 11.7. The Morgan fingerprint density at radius 1 is 0.316 bits per heavy atom. The van der Waals surface area contributed by atoms with Crippen molar-refractivity contribution in [3.05, 3.63) is 206 Å². The van der Waals surface area contributed by atoms with E-state index in [4.69, 9.17) is 4.98 Å². The summed E-state index contributed by atoms with van der Waals surface area (Å²) in [5.41, 5.74) is 12.7. The molecular weight excluding hydrogens is 689 g/mol. The largest absolute Gasteiger partial charge is 0.255 e. The number of fused-ring (bicyclic) bond motifs is 7. The number of pyridine rings is 2. The minimum Gasteiger partial charge on any atom is -0.255 e. The molecule has 0 atom stereocenters. The van der Waals surface area contributed by atoms with Crippen LogP contribution in [-0.2, 0) is 0 Å². The summed E-state index contributed by atoms with van der Waals surface area (Å²) in [4.78, 5) is 9.14. The number of rotatable bonds is 5. The number of benzene rings is 9. The minimum absolute atomic E-state index is 0.872. The first-order valence-electron chi connectivity index (χ1n) is 19.6. The van der Waals surface area contributed by atoms with E-state index in [1.807, 2.05) is 30.5 Å². The summed E-state index contributed by atoms with van der Waals surface area (Å²) in [6, 6.07) is 68.5. The fourth-order valence-electron chi connectivity index (χ4n) is 8.95. The molecule has 57 heavy (non-hydrogen) atoms. The normalized spacial score (nSPS) is 11.6. The van der Waals surface area contributed by atoms with Crippen LogP contribution in [-0.4, -0.2) is 9.97 Å². The highest BCUT2D eigenvalue weighted by molar-refractivity contribution is 6.22. The lowest BCUT2D eigenvalue weighted by atomic mass is 9.87. The first kappa shape index (κ1) is 33.0. The van der Waals surface area contributed by atoms with Gasteiger partial charge in [-0.05, 0) is 130 Å². The van der Waals surface area contributed by atoms with Gasteiger partial charge in [-0.25, -0.2) is 0 Å². The van der Waals surface area contributed by atoms with Crippen LogP contribution in [0.1, 0.15) is 5.56 Å². The van der Waals surface area contributed by atoms with Crippen LogP contribution in [0.25, 0.3) is 110 Å². The Kier molecular flexibility index (Phi) is 7.75. The fourth-order valence-corrected chi connectivity index (χ4v) is 8.95. The number of nitrogens with zero attached hydrogens (tertiary/aromatic N) is 2. The van der Waals surface area contributed by atoms with Gasteiger partial charge in [0.25, 0.3) is 0 Å². The highest BCUT2D eigenvalue weighted by Gasteiger charge is 2.16. The third-order valence-electron chi connectivity index (χ3n) is 11.7. The van der Waals surface area contributed by atoms with Crippen LogP contribution in [0.4, 0.5) is 0 Å². The van der Waals surface area contributed by atoms with Crippen molar-refractivity contribution in [3.8, 4) is 55.9 Å². The summed E-state index contributed by atoms with van der Waals surface area (Å²) < 4.78 is 0. The van der Waals surface area contributed by atoms with Gasteiger partial charge in [0.2, 0.25) is 0 Å². The topological polar surface area (TPSA) is 25.8 Å². The molecule has 0 radical (unpaired) electrons. The van der Waals surface area contributed by atoms with E-state index >= 15 is 0 Å². The van der Waals surface area contributed by atoms with Gasteiger partial charge in [-0.3, -0.25) is 9.97 Å². The Morgan fingerprint density at radius 2 is 0.895 bits per heavy atom. The van der Waals surface area contributed by atoms with E-state index in [0.717, 1.165) is 22.5 Å². The van der Waals surface area contributed by atoms with E-state index in [1.165, 1.54) is 92.8 Å². The monoisotopic (exact) mass is 724 g/mol. The SMILES string of the molecule is Cc1cccc2ccc3cccc(-c4cccc5ccc6cc(-c7ccc(-c8ccc(-c9ccc(-c%10ccccn%10)nc9)cc8)c8ccccc78)ccc6c45)c3c12. The van der Waals surface area contributed by atoms with E-state index in [-0.39, 0.29) is 0 Å². The van der Waals surface area contributed by atoms with E-state index < -0.39 is 0 Å². The maximum atomic E-state index is 4.70. The van der Waals surface area contributed by atoms with Crippen LogP contribution in [0.15, 0.2) is 200 Å². The molecule has 266 valence electrons. The minimum atomic E-state index is 0.872. The predicted octanol–water partition coefficient (Wildman–Crippen LogP) is 14.9.